The molecule has 0 aromatic heterocycles. The number of hydrogen-bond acceptors (Lipinski definition) is 2. The van der Waals surface area contributed by atoms with Gasteiger partial charge in [-0.1, -0.05) is 25.5 Å². The molecule has 0 aromatic rings. The summed E-state index contributed by atoms with van der Waals surface area (Å²) in [5.41, 5.74) is 1.55. The summed E-state index contributed by atoms with van der Waals surface area (Å²) in [4.78, 5) is 0. The van der Waals surface area contributed by atoms with Crippen molar-refractivity contribution in [2.24, 2.45) is 5.92 Å². The van der Waals surface area contributed by atoms with Crippen LogP contribution in [0.15, 0.2) is 11.6 Å². The number of rotatable bonds is 5. The van der Waals surface area contributed by atoms with Crippen LogP contribution in [0.25, 0.3) is 0 Å². The van der Waals surface area contributed by atoms with E-state index >= 15 is 0 Å². The Morgan fingerprint density at radius 1 is 1.33 bits per heavy atom. The molecule has 1 aliphatic carbocycles. The lowest BCUT2D eigenvalue weighted by Crippen LogP contribution is -2.43. The highest BCUT2D eigenvalue weighted by Gasteiger charge is 2.26. The number of nitrogens with one attached hydrogen (secondary N) is 1. The van der Waals surface area contributed by atoms with Crippen LogP contribution in [0.4, 0.5) is 0 Å². The van der Waals surface area contributed by atoms with Crippen molar-refractivity contribution in [2.75, 3.05) is 14.2 Å². The van der Waals surface area contributed by atoms with Gasteiger partial charge in [0.1, 0.15) is 0 Å². The molecule has 1 aliphatic rings. The first-order valence-corrected chi connectivity index (χ1v) is 6.09. The van der Waals surface area contributed by atoms with Gasteiger partial charge >= 0.3 is 0 Å². The molecule has 2 nitrogen and oxygen atoms in total. The average Bonchev–Trinajstić information content (AvgIpc) is 2.26. The van der Waals surface area contributed by atoms with Crippen LogP contribution in [0.2, 0.25) is 0 Å². The summed E-state index contributed by atoms with van der Waals surface area (Å²) in [7, 11) is 3.85. The minimum absolute atomic E-state index is 0.291. The molecule has 0 saturated carbocycles. The minimum Gasteiger partial charge on any atom is -0.379 e. The Hall–Kier alpha value is -0.340. The van der Waals surface area contributed by atoms with Gasteiger partial charge in [-0.15, -0.1) is 0 Å². The van der Waals surface area contributed by atoms with Crippen molar-refractivity contribution in [3.8, 4) is 0 Å². The normalized spacial score (nSPS) is 21.3. The summed E-state index contributed by atoms with van der Waals surface area (Å²) in [5.74, 6) is 0.551. The zero-order chi connectivity index (χ0) is 11.3. The topological polar surface area (TPSA) is 21.3 Å². The van der Waals surface area contributed by atoms with E-state index in [0.29, 0.717) is 18.1 Å². The Labute approximate surface area is 94.1 Å². The third-order valence-corrected chi connectivity index (χ3v) is 3.29. The lowest BCUT2D eigenvalue weighted by atomic mass is 9.87. The van der Waals surface area contributed by atoms with Gasteiger partial charge in [-0.25, -0.2) is 0 Å². The molecule has 1 N–H and O–H groups in total. The quantitative estimate of drug-likeness (QED) is 0.706. The molecule has 2 unspecified atom stereocenters. The van der Waals surface area contributed by atoms with Crippen molar-refractivity contribution >= 4 is 0 Å². The molecule has 0 saturated heterocycles. The van der Waals surface area contributed by atoms with E-state index in [1.54, 1.807) is 5.57 Å². The van der Waals surface area contributed by atoms with E-state index < -0.39 is 0 Å². The highest BCUT2D eigenvalue weighted by molar-refractivity contribution is 5.15. The fourth-order valence-electron chi connectivity index (χ4n) is 2.50. The second kappa shape index (κ2) is 6.29. The summed E-state index contributed by atoms with van der Waals surface area (Å²) in [5, 5.41) is 3.41. The van der Waals surface area contributed by atoms with E-state index in [9.17, 15) is 0 Å². The Morgan fingerprint density at radius 3 is 2.47 bits per heavy atom. The number of likely N-dealkylation sites (N-methyl/N-ethyl adjacent to an activating group) is 1. The highest BCUT2D eigenvalue weighted by Crippen LogP contribution is 2.25. The Balaban J connectivity index is 2.71. The summed E-state index contributed by atoms with van der Waals surface area (Å²) in [6, 6.07) is 0.398. The maximum Gasteiger partial charge on any atom is 0.0785 e. The van der Waals surface area contributed by atoms with E-state index in [2.05, 4.69) is 25.2 Å². The number of allylic oxidation sites excluding steroid dienone is 1. The fourth-order valence-corrected chi connectivity index (χ4v) is 2.50. The van der Waals surface area contributed by atoms with Gasteiger partial charge in [0.05, 0.1) is 12.1 Å². The standard InChI is InChI=1S/C13H25NO/c1-10(2)13(15-4)12(14-3)11-8-6-5-7-9-11/h8,10,12-14H,5-7,9H2,1-4H3. The van der Waals surface area contributed by atoms with Gasteiger partial charge in [0.15, 0.2) is 0 Å². The molecule has 0 aromatic carbocycles. The van der Waals surface area contributed by atoms with Gasteiger partial charge in [-0.3, -0.25) is 0 Å². The lowest BCUT2D eigenvalue weighted by Gasteiger charge is -2.32. The van der Waals surface area contributed by atoms with Crippen LogP contribution in [0, 0.1) is 5.92 Å². The molecule has 0 spiro atoms. The molecule has 2 atom stereocenters. The Bertz CT molecular complexity index is 211. The first-order chi connectivity index (χ1) is 7.20. The van der Waals surface area contributed by atoms with Gasteiger partial charge in [0.25, 0.3) is 0 Å². The monoisotopic (exact) mass is 211 g/mol. The second-order valence-corrected chi connectivity index (χ2v) is 4.74. The fraction of sp³-hybridized carbons (Fsp3) is 0.846. The van der Waals surface area contributed by atoms with Crippen LogP contribution in [0.3, 0.4) is 0 Å². The van der Waals surface area contributed by atoms with Crippen molar-refractivity contribution in [3.63, 3.8) is 0 Å². The Morgan fingerprint density at radius 2 is 2.07 bits per heavy atom. The van der Waals surface area contributed by atoms with Gasteiger partial charge in [0, 0.05) is 7.11 Å². The average molecular weight is 211 g/mol. The molecule has 88 valence electrons. The van der Waals surface area contributed by atoms with Crippen LogP contribution in [-0.2, 0) is 4.74 Å². The van der Waals surface area contributed by atoms with Gasteiger partial charge in [0.2, 0.25) is 0 Å². The SMILES string of the molecule is CNC(C1=CCCCC1)C(OC)C(C)C. The predicted molar refractivity (Wildman–Crippen MR) is 65.0 cm³/mol. The zero-order valence-corrected chi connectivity index (χ0v) is 10.5. The molecule has 2 heteroatoms. The smallest absolute Gasteiger partial charge is 0.0785 e. The highest BCUT2D eigenvalue weighted by atomic mass is 16.5. The second-order valence-electron chi connectivity index (χ2n) is 4.74. The third-order valence-electron chi connectivity index (χ3n) is 3.29. The third kappa shape index (κ3) is 3.32. The van der Waals surface area contributed by atoms with Crippen molar-refractivity contribution in [3.05, 3.63) is 11.6 Å². The van der Waals surface area contributed by atoms with Gasteiger partial charge in [-0.2, -0.15) is 0 Å². The zero-order valence-electron chi connectivity index (χ0n) is 10.5. The maximum atomic E-state index is 5.61. The number of methoxy groups -OCH3 is 1. The van der Waals surface area contributed by atoms with Crippen LogP contribution >= 0.6 is 0 Å². The van der Waals surface area contributed by atoms with E-state index in [-0.39, 0.29) is 0 Å². The lowest BCUT2D eigenvalue weighted by molar-refractivity contribution is 0.0437. The summed E-state index contributed by atoms with van der Waals surface area (Å²) in [6.45, 7) is 4.45. The minimum atomic E-state index is 0.291. The van der Waals surface area contributed by atoms with E-state index in [0.717, 1.165) is 0 Å². The van der Waals surface area contributed by atoms with Gasteiger partial charge in [-0.05, 0) is 38.6 Å². The van der Waals surface area contributed by atoms with Crippen LogP contribution in [0.1, 0.15) is 39.5 Å². The molecule has 1 rings (SSSR count). The van der Waals surface area contributed by atoms with Crippen molar-refractivity contribution in [2.45, 2.75) is 51.7 Å². The summed E-state index contributed by atoms with van der Waals surface area (Å²) in [6.07, 6.45) is 7.84. The first kappa shape index (κ1) is 12.7. The molecule has 0 bridgehead atoms. The van der Waals surface area contributed by atoms with E-state index in [4.69, 9.17) is 4.74 Å². The first-order valence-electron chi connectivity index (χ1n) is 6.09. The van der Waals surface area contributed by atoms with E-state index in [1.807, 2.05) is 14.2 Å². The Kier molecular flexibility index (Phi) is 5.34. The summed E-state index contributed by atoms with van der Waals surface area (Å²) >= 11 is 0. The molecule has 0 fully saturated rings. The summed E-state index contributed by atoms with van der Waals surface area (Å²) < 4.78 is 5.61. The van der Waals surface area contributed by atoms with Crippen molar-refractivity contribution < 1.29 is 4.74 Å². The molecule has 0 amide bonds. The van der Waals surface area contributed by atoms with Crippen molar-refractivity contribution in [1.82, 2.24) is 5.32 Å². The molecule has 0 aliphatic heterocycles. The van der Waals surface area contributed by atoms with Crippen LogP contribution in [-0.4, -0.2) is 26.3 Å². The molecular formula is C13H25NO. The number of ether oxygens (including phenoxy) is 1. The maximum absolute atomic E-state index is 5.61. The molecular weight excluding hydrogens is 186 g/mol. The molecule has 0 radical (unpaired) electrons. The molecule has 15 heavy (non-hydrogen) atoms. The van der Waals surface area contributed by atoms with Crippen molar-refractivity contribution in [1.29, 1.82) is 0 Å². The number of hydrogen-bond donors (Lipinski definition) is 1. The van der Waals surface area contributed by atoms with Crippen LogP contribution < -0.4 is 5.32 Å². The largest absolute Gasteiger partial charge is 0.379 e. The predicted octanol–water partition coefficient (Wildman–Crippen LogP) is 2.75. The van der Waals surface area contributed by atoms with E-state index in [1.165, 1.54) is 25.7 Å². The van der Waals surface area contributed by atoms with Gasteiger partial charge < -0.3 is 10.1 Å². The van der Waals surface area contributed by atoms with Crippen LogP contribution in [0.5, 0.6) is 0 Å². The molecule has 0 heterocycles.